The summed E-state index contributed by atoms with van der Waals surface area (Å²) in [6.45, 7) is 8.30. The maximum atomic E-state index is 10.8. The molecule has 3 fully saturated rings. The molecule has 0 aromatic heterocycles. The second-order valence-electron chi connectivity index (χ2n) is 10.4. The average molecular weight is 469 g/mol. The lowest BCUT2D eigenvalue weighted by Crippen LogP contribution is -2.59. The zero-order chi connectivity index (χ0) is 24.4. The molecule has 0 amide bonds. The van der Waals surface area contributed by atoms with Crippen LogP contribution in [0.2, 0.25) is 0 Å². The number of aryl methyl sites for hydroxylation is 1. The van der Waals surface area contributed by atoms with Crippen LogP contribution < -0.4 is 0 Å². The van der Waals surface area contributed by atoms with Crippen molar-refractivity contribution in [3.05, 3.63) is 69.8 Å². The highest BCUT2D eigenvalue weighted by Gasteiger charge is 2.46. The number of hydrogen-bond donors (Lipinski definition) is 4. The number of rotatable bonds is 6. The fraction of sp³-hybridized carbons (Fsp3) is 0.586. The molecule has 0 unspecified atom stereocenters. The van der Waals surface area contributed by atoms with E-state index < -0.39 is 37.1 Å². The third kappa shape index (κ3) is 5.09. The topological polar surface area (TPSA) is 90.2 Å². The molecular weight excluding hydrogens is 428 g/mol. The van der Waals surface area contributed by atoms with Crippen molar-refractivity contribution in [1.82, 2.24) is 0 Å². The van der Waals surface area contributed by atoms with Crippen molar-refractivity contribution in [3.63, 3.8) is 0 Å². The minimum atomic E-state index is -1.38. The summed E-state index contributed by atoms with van der Waals surface area (Å²) in [4.78, 5) is 0. The molecule has 0 radical (unpaired) electrons. The molecule has 34 heavy (non-hydrogen) atoms. The van der Waals surface area contributed by atoms with E-state index in [0.29, 0.717) is 11.5 Å². The first-order valence-electron chi connectivity index (χ1n) is 12.8. The lowest BCUT2D eigenvalue weighted by atomic mass is 9.79. The Morgan fingerprint density at radius 1 is 0.941 bits per heavy atom. The average Bonchev–Trinajstić information content (AvgIpc) is 3.52. The van der Waals surface area contributed by atoms with Crippen molar-refractivity contribution in [2.24, 2.45) is 5.92 Å². The van der Waals surface area contributed by atoms with Crippen LogP contribution >= 0.6 is 0 Å². The van der Waals surface area contributed by atoms with Crippen LogP contribution in [0.3, 0.4) is 0 Å². The number of aliphatic hydroxyl groups excluding tert-OH is 4. The maximum Gasteiger partial charge on any atom is 0.113 e. The van der Waals surface area contributed by atoms with Gasteiger partial charge in [-0.2, -0.15) is 0 Å². The molecule has 1 saturated heterocycles. The quantitative estimate of drug-likeness (QED) is 0.508. The molecule has 2 aliphatic carbocycles. The fourth-order valence-electron chi connectivity index (χ4n) is 6.09. The molecule has 1 heterocycles. The number of ether oxygens (including phenoxy) is 1. The van der Waals surface area contributed by atoms with Crippen LogP contribution in [0.4, 0.5) is 0 Å². The summed E-state index contributed by atoms with van der Waals surface area (Å²) in [6, 6.07) is 8.71. The molecule has 5 nitrogen and oxygen atoms in total. The molecule has 5 heteroatoms. The van der Waals surface area contributed by atoms with Gasteiger partial charge in [-0.05, 0) is 86.1 Å². The summed E-state index contributed by atoms with van der Waals surface area (Å²) in [5.41, 5.74) is 8.53. The van der Waals surface area contributed by atoms with E-state index in [9.17, 15) is 20.4 Å². The third-order valence-corrected chi connectivity index (χ3v) is 7.99. The van der Waals surface area contributed by atoms with E-state index in [1.165, 1.54) is 46.3 Å². The fourth-order valence-corrected chi connectivity index (χ4v) is 6.09. The zero-order valence-electron chi connectivity index (χ0n) is 20.5. The molecule has 4 rings (SSSR count). The minimum Gasteiger partial charge on any atom is -0.394 e. The van der Waals surface area contributed by atoms with Crippen molar-refractivity contribution < 1.29 is 25.2 Å². The Morgan fingerprint density at radius 3 is 2.24 bits per heavy atom. The molecule has 1 aromatic rings. The van der Waals surface area contributed by atoms with E-state index in [1.807, 2.05) is 0 Å². The number of allylic oxidation sites excluding steroid dienone is 3. The van der Waals surface area contributed by atoms with Crippen LogP contribution in [-0.4, -0.2) is 57.6 Å². The second kappa shape index (κ2) is 10.9. The Morgan fingerprint density at radius 2 is 1.59 bits per heavy atom. The molecule has 1 aliphatic heterocycles. The smallest absolute Gasteiger partial charge is 0.113 e. The first-order valence-corrected chi connectivity index (χ1v) is 12.8. The van der Waals surface area contributed by atoms with Crippen LogP contribution in [0.1, 0.15) is 63.0 Å². The molecule has 0 spiro atoms. The van der Waals surface area contributed by atoms with E-state index in [4.69, 9.17) is 4.74 Å². The van der Waals surface area contributed by atoms with Gasteiger partial charge in [-0.3, -0.25) is 0 Å². The van der Waals surface area contributed by atoms with Gasteiger partial charge in [0.05, 0.1) is 6.61 Å². The van der Waals surface area contributed by atoms with Crippen molar-refractivity contribution in [1.29, 1.82) is 0 Å². The largest absolute Gasteiger partial charge is 0.394 e. The van der Waals surface area contributed by atoms with Gasteiger partial charge in [-0.25, -0.2) is 0 Å². The highest BCUT2D eigenvalue weighted by Crippen LogP contribution is 2.46. The molecule has 2 saturated carbocycles. The second-order valence-corrected chi connectivity index (χ2v) is 10.4. The normalized spacial score (nSPS) is 33.3. The first kappa shape index (κ1) is 25.3. The molecule has 4 N–H and O–H groups in total. The van der Waals surface area contributed by atoms with E-state index in [2.05, 4.69) is 44.7 Å². The summed E-state index contributed by atoms with van der Waals surface area (Å²) in [6.07, 6.45) is 2.72. The van der Waals surface area contributed by atoms with Gasteiger partial charge in [0.25, 0.3) is 0 Å². The predicted octanol–water partition coefficient (Wildman–Crippen LogP) is 3.92. The van der Waals surface area contributed by atoms with Crippen molar-refractivity contribution >= 4 is 0 Å². The Kier molecular flexibility index (Phi) is 8.11. The van der Waals surface area contributed by atoms with Crippen LogP contribution in [-0.2, 0) is 11.2 Å². The molecular formula is C29H40O5. The van der Waals surface area contributed by atoms with Crippen LogP contribution in [0.5, 0.6) is 0 Å². The number of aliphatic hydroxyl groups is 4. The van der Waals surface area contributed by atoms with Crippen molar-refractivity contribution in [2.75, 3.05) is 6.61 Å². The Bertz CT molecular complexity index is 936. The van der Waals surface area contributed by atoms with Gasteiger partial charge < -0.3 is 25.2 Å². The van der Waals surface area contributed by atoms with Gasteiger partial charge in [-0.15, -0.1) is 0 Å². The highest BCUT2D eigenvalue weighted by molar-refractivity contribution is 5.51. The number of benzene rings is 1. The van der Waals surface area contributed by atoms with Crippen LogP contribution in [0, 0.1) is 12.8 Å². The summed E-state index contributed by atoms with van der Waals surface area (Å²) in [5, 5.41) is 41.1. The van der Waals surface area contributed by atoms with Gasteiger partial charge in [0.15, 0.2) is 0 Å². The molecule has 186 valence electrons. The molecule has 3 aliphatic rings. The van der Waals surface area contributed by atoms with Gasteiger partial charge in [-0.1, -0.05) is 54.8 Å². The summed E-state index contributed by atoms with van der Waals surface area (Å²) in [7, 11) is 0. The van der Waals surface area contributed by atoms with Gasteiger partial charge >= 0.3 is 0 Å². The van der Waals surface area contributed by atoms with Gasteiger partial charge in [0.1, 0.15) is 30.5 Å². The Hall–Kier alpha value is -1.76. The lowest BCUT2D eigenvalue weighted by molar-refractivity contribution is -0.219. The summed E-state index contributed by atoms with van der Waals surface area (Å²) in [5.74, 6) is 0.357. The standard InChI is InChI=1S/C29H40O5/c1-17-11-13-20(14-12-17)15-18(2)22-9-6-10-23(22)25(21-7-4-5-8-21)19(3)29-28(33)27(32)26(31)24(16-30)34-29/h11-14,21,24,26-33H,3-10,15-16H2,1-2H3/b22-18+,25-23+/t24-,26-,27+,28-,29+/m1/s1. The van der Waals surface area contributed by atoms with Crippen molar-refractivity contribution in [2.45, 2.75) is 95.7 Å². The first-order chi connectivity index (χ1) is 16.3. The van der Waals surface area contributed by atoms with E-state index in [0.717, 1.165) is 38.5 Å². The molecule has 0 bridgehead atoms. The van der Waals surface area contributed by atoms with E-state index >= 15 is 0 Å². The summed E-state index contributed by atoms with van der Waals surface area (Å²) >= 11 is 0. The van der Waals surface area contributed by atoms with Crippen molar-refractivity contribution in [3.8, 4) is 0 Å². The Balaban J connectivity index is 1.71. The number of hydrogen-bond acceptors (Lipinski definition) is 5. The van der Waals surface area contributed by atoms with Crippen LogP contribution in [0.15, 0.2) is 58.7 Å². The third-order valence-electron chi connectivity index (χ3n) is 7.99. The SMILES string of the molecule is C=C(/C(=C1/CCC/C1=C(/C)Cc1ccc(C)cc1)C1CCCC1)[C@@H]1O[C@H](CO)[C@@H](O)[C@H](O)[C@H]1O. The maximum absolute atomic E-state index is 10.8. The van der Waals surface area contributed by atoms with Crippen LogP contribution in [0.25, 0.3) is 0 Å². The van der Waals surface area contributed by atoms with E-state index in [-0.39, 0.29) is 0 Å². The summed E-state index contributed by atoms with van der Waals surface area (Å²) < 4.78 is 5.94. The molecule has 1 aromatic carbocycles. The highest BCUT2D eigenvalue weighted by atomic mass is 16.5. The monoisotopic (exact) mass is 468 g/mol. The zero-order valence-corrected chi connectivity index (χ0v) is 20.5. The van der Waals surface area contributed by atoms with Gasteiger partial charge in [0.2, 0.25) is 0 Å². The molecule has 5 atom stereocenters. The van der Waals surface area contributed by atoms with Gasteiger partial charge in [0, 0.05) is 0 Å². The lowest BCUT2D eigenvalue weighted by Gasteiger charge is -2.42. The predicted molar refractivity (Wildman–Crippen MR) is 133 cm³/mol. The minimum absolute atomic E-state index is 0.357. The Labute approximate surface area is 203 Å². The van der Waals surface area contributed by atoms with E-state index in [1.54, 1.807) is 0 Å².